The first-order valence-electron chi connectivity index (χ1n) is 7.10. The predicted molar refractivity (Wildman–Crippen MR) is 88.5 cm³/mol. The number of aromatic nitrogens is 2. The van der Waals surface area contributed by atoms with Crippen molar-refractivity contribution in [3.05, 3.63) is 51.1 Å². The molecule has 1 aliphatic rings. The zero-order chi connectivity index (χ0) is 15.3. The molecule has 3 heterocycles. The molecule has 0 N–H and O–H groups in total. The van der Waals surface area contributed by atoms with Crippen LogP contribution in [0.2, 0.25) is 5.02 Å². The van der Waals surface area contributed by atoms with Gasteiger partial charge in [-0.25, -0.2) is 4.98 Å². The Bertz CT molecular complexity index is 844. The molecule has 0 saturated heterocycles. The van der Waals surface area contributed by atoms with Crippen molar-refractivity contribution >= 4 is 39.7 Å². The number of thiazole rings is 1. The van der Waals surface area contributed by atoms with Gasteiger partial charge in [-0.15, -0.1) is 11.3 Å². The van der Waals surface area contributed by atoms with E-state index in [4.69, 9.17) is 11.6 Å². The second kappa shape index (κ2) is 5.11. The van der Waals surface area contributed by atoms with Gasteiger partial charge in [0.25, 0.3) is 5.91 Å². The van der Waals surface area contributed by atoms with Crippen molar-refractivity contribution in [3.63, 3.8) is 0 Å². The maximum atomic E-state index is 12.9. The summed E-state index contributed by atoms with van der Waals surface area (Å²) >= 11 is 8.09. The molecule has 0 spiro atoms. The van der Waals surface area contributed by atoms with E-state index in [0.29, 0.717) is 23.8 Å². The second-order valence-electron chi connectivity index (χ2n) is 5.44. The zero-order valence-corrected chi connectivity index (χ0v) is 13.6. The van der Waals surface area contributed by atoms with E-state index in [1.165, 1.54) is 4.88 Å². The fourth-order valence-electron chi connectivity index (χ4n) is 3.03. The fourth-order valence-corrected chi connectivity index (χ4v) is 4.22. The topological polar surface area (TPSA) is 38.1 Å². The number of benzene rings is 1. The van der Waals surface area contributed by atoms with Crippen LogP contribution in [0.15, 0.2) is 29.8 Å². The molecule has 1 aromatic carbocycles. The molecule has 3 aromatic rings. The maximum Gasteiger partial charge on any atom is 0.272 e. The molecule has 22 heavy (non-hydrogen) atoms. The summed E-state index contributed by atoms with van der Waals surface area (Å²) in [4.78, 5) is 20.3. The number of carbonyl (C=O) groups is 1. The smallest absolute Gasteiger partial charge is 0.272 e. The van der Waals surface area contributed by atoms with E-state index in [1.54, 1.807) is 11.3 Å². The van der Waals surface area contributed by atoms with Crippen molar-refractivity contribution in [2.75, 3.05) is 6.54 Å². The van der Waals surface area contributed by atoms with E-state index < -0.39 is 0 Å². The quantitative estimate of drug-likeness (QED) is 0.684. The third-order valence-electron chi connectivity index (χ3n) is 4.21. The molecule has 0 bridgehead atoms. The van der Waals surface area contributed by atoms with Crippen LogP contribution in [0, 0.1) is 0 Å². The highest BCUT2D eigenvalue weighted by molar-refractivity contribution is 7.09. The molecule has 1 amide bonds. The van der Waals surface area contributed by atoms with Crippen molar-refractivity contribution in [2.45, 2.75) is 13.0 Å². The minimum absolute atomic E-state index is 0.0113. The summed E-state index contributed by atoms with van der Waals surface area (Å²) in [5.74, 6) is -0.0113. The van der Waals surface area contributed by atoms with E-state index in [1.807, 2.05) is 46.3 Å². The highest BCUT2D eigenvalue weighted by Gasteiger charge is 2.28. The van der Waals surface area contributed by atoms with Crippen molar-refractivity contribution in [1.82, 2.24) is 14.5 Å². The molecule has 0 radical (unpaired) electrons. The molecule has 4 nitrogen and oxygen atoms in total. The molecule has 0 fully saturated rings. The summed E-state index contributed by atoms with van der Waals surface area (Å²) in [6, 6.07) is 7.83. The Morgan fingerprint density at radius 1 is 1.36 bits per heavy atom. The highest BCUT2D eigenvalue weighted by atomic mass is 35.5. The number of hydrogen-bond donors (Lipinski definition) is 0. The summed E-state index contributed by atoms with van der Waals surface area (Å²) in [6.07, 6.45) is 0.812. The maximum absolute atomic E-state index is 12.9. The van der Waals surface area contributed by atoms with Gasteiger partial charge in [0, 0.05) is 35.8 Å². The number of para-hydroxylation sites is 1. The predicted octanol–water partition coefficient (Wildman–Crippen LogP) is 3.49. The highest BCUT2D eigenvalue weighted by Crippen LogP contribution is 2.32. The van der Waals surface area contributed by atoms with Gasteiger partial charge in [0.05, 0.1) is 22.8 Å². The van der Waals surface area contributed by atoms with Gasteiger partial charge in [-0.1, -0.05) is 29.8 Å². The van der Waals surface area contributed by atoms with Gasteiger partial charge >= 0.3 is 0 Å². The molecule has 0 unspecified atom stereocenters. The van der Waals surface area contributed by atoms with Crippen LogP contribution in [-0.4, -0.2) is 26.9 Å². The van der Waals surface area contributed by atoms with Crippen LogP contribution in [0.25, 0.3) is 10.9 Å². The molecule has 0 atom stereocenters. The number of halogens is 1. The molecule has 6 heteroatoms. The Labute approximate surface area is 136 Å². The summed E-state index contributed by atoms with van der Waals surface area (Å²) < 4.78 is 1.89. The molecular formula is C16H14ClN3OS. The Hall–Kier alpha value is -1.85. The van der Waals surface area contributed by atoms with E-state index in [-0.39, 0.29) is 5.91 Å². The first kappa shape index (κ1) is 13.8. The Morgan fingerprint density at radius 3 is 3.00 bits per heavy atom. The van der Waals surface area contributed by atoms with Crippen LogP contribution in [0.4, 0.5) is 0 Å². The normalized spacial score (nSPS) is 14.4. The molecule has 4 rings (SSSR count). The minimum Gasteiger partial charge on any atom is -0.338 e. The van der Waals surface area contributed by atoms with Gasteiger partial charge < -0.3 is 9.47 Å². The average Bonchev–Trinajstić information content (AvgIpc) is 3.10. The van der Waals surface area contributed by atoms with E-state index >= 15 is 0 Å². The third kappa shape index (κ3) is 1.96. The largest absolute Gasteiger partial charge is 0.338 e. The van der Waals surface area contributed by atoms with E-state index in [2.05, 4.69) is 4.98 Å². The Balaban J connectivity index is 1.75. The van der Waals surface area contributed by atoms with Gasteiger partial charge in [0.2, 0.25) is 0 Å². The molecule has 2 aromatic heterocycles. The third-order valence-corrected chi connectivity index (χ3v) is 5.46. The van der Waals surface area contributed by atoms with Gasteiger partial charge in [-0.2, -0.15) is 0 Å². The Kier molecular flexibility index (Phi) is 3.20. The number of nitrogens with zero attached hydrogens (tertiary/aromatic N) is 3. The summed E-state index contributed by atoms with van der Waals surface area (Å²) in [7, 11) is 1.89. The lowest BCUT2D eigenvalue weighted by atomic mass is 10.1. The van der Waals surface area contributed by atoms with Crippen molar-refractivity contribution in [3.8, 4) is 0 Å². The lowest BCUT2D eigenvalue weighted by Gasteiger charge is -2.26. The van der Waals surface area contributed by atoms with Gasteiger partial charge in [0.1, 0.15) is 5.69 Å². The van der Waals surface area contributed by atoms with Crippen LogP contribution >= 0.6 is 22.9 Å². The summed E-state index contributed by atoms with van der Waals surface area (Å²) in [6.45, 7) is 1.31. The lowest BCUT2D eigenvalue weighted by molar-refractivity contribution is 0.0727. The number of aryl methyl sites for hydroxylation is 1. The number of rotatable bonds is 1. The molecular weight excluding hydrogens is 318 g/mol. The van der Waals surface area contributed by atoms with Crippen LogP contribution in [0.5, 0.6) is 0 Å². The van der Waals surface area contributed by atoms with E-state index in [0.717, 1.165) is 23.0 Å². The average molecular weight is 332 g/mol. The summed E-state index contributed by atoms with van der Waals surface area (Å²) in [5, 5.41) is 1.46. The fraction of sp³-hybridized carbons (Fsp3) is 0.250. The lowest BCUT2D eigenvalue weighted by Crippen LogP contribution is -2.36. The zero-order valence-electron chi connectivity index (χ0n) is 12.0. The van der Waals surface area contributed by atoms with Crippen LogP contribution in [0.1, 0.15) is 21.1 Å². The van der Waals surface area contributed by atoms with Crippen LogP contribution < -0.4 is 0 Å². The van der Waals surface area contributed by atoms with Gasteiger partial charge in [-0.3, -0.25) is 4.79 Å². The molecule has 0 saturated carbocycles. The molecule has 112 valence electrons. The van der Waals surface area contributed by atoms with Crippen LogP contribution in [-0.2, 0) is 20.0 Å². The number of fused-ring (bicyclic) bond motifs is 2. The SMILES string of the molecule is Cn1c(C(=O)N2CCc3ncsc3C2)c(Cl)c2ccccc21. The van der Waals surface area contributed by atoms with Gasteiger partial charge in [0.15, 0.2) is 0 Å². The standard InChI is InChI=1S/C16H14ClN3OS/c1-19-12-5-3-2-4-10(12)14(17)15(19)16(21)20-7-6-11-13(8-20)22-9-18-11/h2-5,9H,6-8H2,1H3. The number of hydrogen-bond acceptors (Lipinski definition) is 3. The first-order chi connectivity index (χ1) is 10.7. The number of carbonyl (C=O) groups excluding carboxylic acids is 1. The monoisotopic (exact) mass is 331 g/mol. The minimum atomic E-state index is -0.0113. The second-order valence-corrected chi connectivity index (χ2v) is 6.75. The number of amides is 1. The first-order valence-corrected chi connectivity index (χ1v) is 8.36. The molecule has 0 aliphatic carbocycles. The van der Waals surface area contributed by atoms with Gasteiger partial charge in [-0.05, 0) is 6.07 Å². The Morgan fingerprint density at radius 2 is 2.18 bits per heavy atom. The summed E-state index contributed by atoms with van der Waals surface area (Å²) in [5.41, 5.74) is 4.52. The van der Waals surface area contributed by atoms with Crippen molar-refractivity contribution < 1.29 is 4.79 Å². The molecule has 1 aliphatic heterocycles. The van der Waals surface area contributed by atoms with Crippen LogP contribution in [0.3, 0.4) is 0 Å². The van der Waals surface area contributed by atoms with Crippen molar-refractivity contribution in [1.29, 1.82) is 0 Å². The van der Waals surface area contributed by atoms with Crippen molar-refractivity contribution in [2.24, 2.45) is 7.05 Å². The van der Waals surface area contributed by atoms with E-state index in [9.17, 15) is 4.79 Å².